The lowest BCUT2D eigenvalue weighted by atomic mass is 9.66. The Morgan fingerprint density at radius 1 is 0.944 bits per heavy atom. The fourth-order valence-electron chi connectivity index (χ4n) is 5.94. The molecule has 6 nitrogen and oxygen atoms in total. The van der Waals surface area contributed by atoms with Gasteiger partial charge in [-0.2, -0.15) is 0 Å². The van der Waals surface area contributed by atoms with Crippen LogP contribution in [0.1, 0.15) is 55.1 Å². The van der Waals surface area contributed by atoms with E-state index in [-0.39, 0.29) is 11.3 Å². The molecule has 0 radical (unpaired) electrons. The Bertz CT molecular complexity index is 1480. The number of nitrogens with zero attached hydrogens (tertiary/aromatic N) is 4. The summed E-state index contributed by atoms with van der Waals surface area (Å²) in [5, 5.41) is 3.50. The number of rotatable bonds is 3. The number of hydrogen-bond acceptors (Lipinski definition) is 4. The second kappa shape index (κ2) is 8.05. The molecule has 1 amide bonds. The van der Waals surface area contributed by atoms with Crippen molar-refractivity contribution in [3.63, 3.8) is 0 Å². The molecule has 6 heteroatoms. The van der Waals surface area contributed by atoms with Crippen LogP contribution in [-0.4, -0.2) is 38.4 Å². The third-order valence-electron chi connectivity index (χ3n) is 8.23. The summed E-state index contributed by atoms with van der Waals surface area (Å²) in [6.07, 6.45) is 7.63. The highest BCUT2D eigenvalue weighted by Crippen LogP contribution is 2.45. The van der Waals surface area contributed by atoms with Gasteiger partial charge in [-0.05, 0) is 60.9 Å². The number of fused-ring (bicyclic) bond motifs is 5. The molecule has 0 spiro atoms. The molecule has 1 N–H and O–H groups in total. The lowest BCUT2D eigenvalue weighted by molar-refractivity contribution is 0.0788. The minimum absolute atomic E-state index is 0.00832. The molecule has 0 unspecified atom stereocenters. The average Bonchev–Trinajstić information content (AvgIpc) is 3.54. The van der Waals surface area contributed by atoms with Crippen LogP contribution in [0.3, 0.4) is 0 Å². The van der Waals surface area contributed by atoms with Crippen molar-refractivity contribution in [1.82, 2.24) is 19.4 Å². The normalized spacial score (nSPS) is 17.3. The lowest BCUT2D eigenvalue weighted by Gasteiger charge is -2.39. The number of imidazole rings is 1. The van der Waals surface area contributed by atoms with Crippen molar-refractivity contribution in [1.29, 1.82) is 0 Å². The summed E-state index contributed by atoms with van der Waals surface area (Å²) in [5.74, 6) is 1.52. The van der Waals surface area contributed by atoms with Crippen molar-refractivity contribution in [2.75, 3.05) is 18.4 Å². The van der Waals surface area contributed by atoms with E-state index in [1.165, 1.54) is 24.8 Å². The Hall–Kier alpha value is -3.93. The molecule has 3 aliphatic rings. The number of benzene rings is 2. The van der Waals surface area contributed by atoms with Crippen LogP contribution in [-0.2, 0) is 5.41 Å². The highest BCUT2D eigenvalue weighted by atomic mass is 16.2. The van der Waals surface area contributed by atoms with Gasteiger partial charge in [-0.15, -0.1) is 0 Å². The van der Waals surface area contributed by atoms with Gasteiger partial charge in [0.05, 0.1) is 17.1 Å². The van der Waals surface area contributed by atoms with Gasteiger partial charge in [0.1, 0.15) is 5.82 Å². The zero-order chi connectivity index (χ0) is 24.3. The van der Waals surface area contributed by atoms with Gasteiger partial charge in [0.2, 0.25) is 0 Å². The molecule has 0 bridgehead atoms. The van der Waals surface area contributed by atoms with Crippen LogP contribution in [0, 0.1) is 0 Å². The quantitative estimate of drug-likeness (QED) is 0.331. The maximum Gasteiger partial charge on any atom is 0.274 e. The van der Waals surface area contributed by atoms with Crippen molar-refractivity contribution in [3.8, 4) is 28.3 Å². The minimum Gasteiger partial charge on any atom is -0.338 e. The molecule has 2 fully saturated rings. The fourth-order valence-corrected chi connectivity index (χ4v) is 5.94. The molecule has 1 saturated carbocycles. The first-order chi connectivity index (χ1) is 17.6. The molecule has 4 aromatic rings. The van der Waals surface area contributed by atoms with E-state index in [4.69, 9.17) is 4.98 Å². The van der Waals surface area contributed by atoms with E-state index in [1.807, 2.05) is 35.2 Å². The maximum absolute atomic E-state index is 13.9. The lowest BCUT2D eigenvalue weighted by Crippen LogP contribution is -2.30. The van der Waals surface area contributed by atoms with E-state index in [2.05, 4.69) is 52.1 Å². The molecule has 2 aromatic heterocycles. The van der Waals surface area contributed by atoms with E-state index in [1.54, 1.807) is 6.20 Å². The predicted molar refractivity (Wildman–Crippen MR) is 142 cm³/mol. The summed E-state index contributed by atoms with van der Waals surface area (Å²) in [6, 6.07) is 20.9. The molecule has 180 valence electrons. The van der Waals surface area contributed by atoms with Gasteiger partial charge >= 0.3 is 0 Å². The number of carbonyl (C=O) groups is 1. The molecule has 1 saturated heterocycles. The number of aromatic nitrogens is 3. The van der Waals surface area contributed by atoms with Crippen LogP contribution in [0.4, 0.5) is 11.5 Å². The average molecular weight is 476 g/mol. The fraction of sp³-hybridized carbons (Fsp3) is 0.300. The second-order valence-electron chi connectivity index (χ2n) is 10.5. The van der Waals surface area contributed by atoms with Crippen LogP contribution in [0.5, 0.6) is 0 Å². The SMILES string of the molecule is CC1(c2ccc(-c3c(C(=O)N4CCCC4)nc4n3-c3cccnc3Nc3ccccc3-4)cc2)CCC1. The van der Waals surface area contributed by atoms with E-state index in [9.17, 15) is 4.79 Å². The number of anilines is 2. The Kier molecular flexibility index (Phi) is 4.78. The van der Waals surface area contributed by atoms with Crippen molar-refractivity contribution >= 4 is 17.4 Å². The maximum atomic E-state index is 13.9. The van der Waals surface area contributed by atoms with Crippen LogP contribution in [0.25, 0.3) is 28.3 Å². The monoisotopic (exact) mass is 475 g/mol. The molecule has 2 aromatic carbocycles. The summed E-state index contributed by atoms with van der Waals surface area (Å²) in [4.78, 5) is 25.5. The summed E-state index contributed by atoms with van der Waals surface area (Å²) in [6.45, 7) is 3.92. The molecule has 2 aliphatic heterocycles. The molecule has 7 rings (SSSR count). The topological polar surface area (TPSA) is 63.1 Å². The van der Waals surface area contributed by atoms with E-state index in [0.29, 0.717) is 5.69 Å². The highest BCUT2D eigenvalue weighted by Gasteiger charge is 2.35. The van der Waals surface area contributed by atoms with Crippen molar-refractivity contribution in [2.45, 2.75) is 44.4 Å². The van der Waals surface area contributed by atoms with Crippen LogP contribution < -0.4 is 5.32 Å². The van der Waals surface area contributed by atoms with Gasteiger partial charge in [-0.1, -0.05) is 49.7 Å². The Morgan fingerprint density at radius 3 is 2.47 bits per heavy atom. The second-order valence-corrected chi connectivity index (χ2v) is 10.5. The summed E-state index contributed by atoms with van der Waals surface area (Å²) >= 11 is 0. The van der Waals surface area contributed by atoms with E-state index >= 15 is 0 Å². The first-order valence-corrected chi connectivity index (χ1v) is 13.0. The molecular weight excluding hydrogens is 446 g/mol. The number of likely N-dealkylation sites (tertiary alicyclic amines) is 1. The number of pyridine rings is 1. The summed E-state index contributed by atoms with van der Waals surface area (Å²) in [7, 11) is 0. The molecular formula is C30H29N5O. The predicted octanol–water partition coefficient (Wildman–Crippen LogP) is 6.34. The minimum atomic E-state index is 0.00832. The van der Waals surface area contributed by atoms with Gasteiger partial charge in [0.25, 0.3) is 5.91 Å². The molecule has 4 heterocycles. The smallest absolute Gasteiger partial charge is 0.274 e. The molecule has 1 aliphatic carbocycles. The Labute approximate surface area is 211 Å². The van der Waals surface area contributed by atoms with Crippen molar-refractivity contribution in [3.05, 3.63) is 78.1 Å². The zero-order valence-electron chi connectivity index (χ0n) is 20.5. The van der Waals surface area contributed by atoms with Gasteiger partial charge < -0.3 is 10.2 Å². The first-order valence-electron chi connectivity index (χ1n) is 13.0. The first kappa shape index (κ1) is 21.4. The standard InChI is InChI=1S/C30H29N5O/c1-30(15-7-16-30)21-13-11-20(12-14-21)26-25(29(36)34-18-4-5-19-34)33-28-22-8-2-3-9-23(22)32-27-24(35(26)28)10-6-17-31-27/h2-3,6,8-14,17H,4-5,7,15-16,18-19H2,1H3,(H,31,32). The van der Waals surface area contributed by atoms with Gasteiger partial charge in [0.15, 0.2) is 11.5 Å². The zero-order valence-corrected chi connectivity index (χ0v) is 20.5. The van der Waals surface area contributed by atoms with Crippen molar-refractivity contribution < 1.29 is 4.79 Å². The Balaban J connectivity index is 1.49. The summed E-state index contributed by atoms with van der Waals surface area (Å²) in [5.41, 5.74) is 6.76. The van der Waals surface area contributed by atoms with Gasteiger partial charge in [-0.3, -0.25) is 9.36 Å². The molecule has 36 heavy (non-hydrogen) atoms. The number of carbonyl (C=O) groups excluding carboxylic acids is 1. The third-order valence-corrected chi connectivity index (χ3v) is 8.23. The summed E-state index contributed by atoms with van der Waals surface area (Å²) < 4.78 is 2.13. The largest absolute Gasteiger partial charge is 0.338 e. The number of para-hydroxylation sites is 1. The van der Waals surface area contributed by atoms with E-state index in [0.717, 1.165) is 65.8 Å². The van der Waals surface area contributed by atoms with Gasteiger partial charge in [0, 0.05) is 30.4 Å². The Morgan fingerprint density at radius 2 is 1.72 bits per heavy atom. The van der Waals surface area contributed by atoms with Gasteiger partial charge in [-0.25, -0.2) is 9.97 Å². The number of nitrogens with one attached hydrogen (secondary N) is 1. The van der Waals surface area contributed by atoms with Crippen LogP contribution in [0.2, 0.25) is 0 Å². The third kappa shape index (κ3) is 3.20. The number of hydrogen-bond donors (Lipinski definition) is 1. The van der Waals surface area contributed by atoms with Crippen LogP contribution >= 0.6 is 0 Å². The number of amides is 1. The highest BCUT2D eigenvalue weighted by molar-refractivity contribution is 6.01. The van der Waals surface area contributed by atoms with E-state index < -0.39 is 0 Å². The van der Waals surface area contributed by atoms with Crippen molar-refractivity contribution in [2.24, 2.45) is 0 Å². The molecule has 0 atom stereocenters. The van der Waals surface area contributed by atoms with Crippen LogP contribution in [0.15, 0.2) is 66.9 Å².